The molecule has 4 aromatic carbocycles. The number of nitrogens with zero attached hydrogens (tertiary/aromatic N) is 1. The molecule has 4 aromatic rings. The van der Waals surface area contributed by atoms with E-state index in [1.165, 1.54) is 42.6 Å². The van der Waals surface area contributed by atoms with Crippen molar-refractivity contribution in [2.75, 3.05) is 4.72 Å². The van der Waals surface area contributed by atoms with E-state index in [4.69, 9.17) is 27.9 Å². The molecule has 0 radical (unpaired) electrons. The first-order valence-electron chi connectivity index (χ1n) is 11.0. The van der Waals surface area contributed by atoms with E-state index in [9.17, 15) is 13.2 Å². The van der Waals surface area contributed by atoms with Crippen LogP contribution in [-0.4, -0.2) is 20.5 Å². The van der Waals surface area contributed by atoms with E-state index in [0.717, 1.165) is 5.56 Å². The van der Waals surface area contributed by atoms with Gasteiger partial charge in [-0.2, -0.15) is 5.10 Å². The average Bonchev–Trinajstić information content (AvgIpc) is 2.89. The van der Waals surface area contributed by atoms with Gasteiger partial charge >= 0.3 is 0 Å². The predicted octanol–water partition coefficient (Wildman–Crippen LogP) is 6.14. The third kappa shape index (κ3) is 7.33. The highest BCUT2D eigenvalue weighted by Gasteiger charge is 2.18. The Morgan fingerprint density at radius 1 is 0.865 bits per heavy atom. The molecule has 0 saturated carbocycles. The normalized spacial score (nSPS) is 11.3. The van der Waals surface area contributed by atoms with Crippen LogP contribution in [0.1, 0.15) is 21.5 Å². The Kier molecular flexibility index (Phi) is 8.45. The van der Waals surface area contributed by atoms with E-state index in [1.807, 2.05) is 18.2 Å². The second-order valence-electron chi connectivity index (χ2n) is 7.79. The molecule has 0 unspecified atom stereocenters. The summed E-state index contributed by atoms with van der Waals surface area (Å²) in [6.07, 6.45) is 1.47. The number of rotatable bonds is 9. The fraction of sp³-hybridized carbons (Fsp3) is 0.0370. The van der Waals surface area contributed by atoms with Gasteiger partial charge in [0, 0.05) is 10.0 Å². The van der Waals surface area contributed by atoms with E-state index in [2.05, 4.69) is 15.2 Å². The number of hydrazone groups is 1. The molecule has 37 heavy (non-hydrogen) atoms. The lowest BCUT2D eigenvalue weighted by Crippen LogP contribution is -2.21. The summed E-state index contributed by atoms with van der Waals surface area (Å²) in [5.41, 5.74) is 4.32. The number of carbonyl (C=O) groups excluding carboxylic acids is 1. The van der Waals surface area contributed by atoms with Gasteiger partial charge in [0.05, 0.1) is 22.4 Å². The number of amides is 1. The van der Waals surface area contributed by atoms with Gasteiger partial charge < -0.3 is 4.74 Å². The van der Waals surface area contributed by atoms with Crippen LogP contribution in [0.2, 0.25) is 10.0 Å². The Bertz CT molecular complexity index is 1520. The van der Waals surface area contributed by atoms with Crippen LogP contribution in [0.15, 0.2) is 107 Å². The van der Waals surface area contributed by atoms with Crippen molar-refractivity contribution in [2.45, 2.75) is 11.5 Å². The van der Waals surface area contributed by atoms with Crippen molar-refractivity contribution in [1.82, 2.24) is 5.43 Å². The number of ether oxygens (including phenoxy) is 1. The van der Waals surface area contributed by atoms with E-state index >= 15 is 0 Å². The molecule has 0 aliphatic carbocycles. The summed E-state index contributed by atoms with van der Waals surface area (Å²) in [4.78, 5) is 12.8. The Morgan fingerprint density at radius 3 is 2.27 bits per heavy atom. The van der Waals surface area contributed by atoms with Gasteiger partial charge in [-0.1, -0.05) is 59.6 Å². The SMILES string of the molecule is O=C(NN=Cc1cccc(OCc2ccc(Cl)cc2)c1)c1ccccc1NS(=O)(=O)c1ccc(Cl)cc1. The second-order valence-corrected chi connectivity index (χ2v) is 10.3. The molecule has 0 atom stereocenters. The maximum atomic E-state index is 12.8. The van der Waals surface area contributed by atoms with Gasteiger partial charge in [0.1, 0.15) is 12.4 Å². The van der Waals surface area contributed by atoms with Gasteiger partial charge in [-0.05, 0) is 71.8 Å². The first kappa shape index (κ1) is 26.2. The highest BCUT2D eigenvalue weighted by atomic mass is 35.5. The fourth-order valence-corrected chi connectivity index (χ4v) is 4.58. The molecule has 0 saturated heterocycles. The van der Waals surface area contributed by atoms with Crippen LogP contribution in [0, 0.1) is 0 Å². The number of hydrogen-bond acceptors (Lipinski definition) is 5. The van der Waals surface area contributed by atoms with Crippen LogP contribution >= 0.6 is 23.2 Å². The monoisotopic (exact) mass is 553 g/mol. The molecule has 0 aromatic heterocycles. The van der Waals surface area contributed by atoms with E-state index < -0.39 is 15.9 Å². The van der Waals surface area contributed by atoms with Crippen LogP contribution < -0.4 is 14.9 Å². The maximum absolute atomic E-state index is 12.8. The van der Waals surface area contributed by atoms with Crippen molar-refractivity contribution in [2.24, 2.45) is 5.10 Å². The van der Waals surface area contributed by atoms with Gasteiger partial charge in [-0.25, -0.2) is 13.8 Å². The fourth-order valence-electron chi connectivity index (χ4n) is 3.25. The Labute approximate surface area is 224 Å². The number of halogens is 2. The van der Waals surface area contributed by atoms with Crippen molar-refractivity contribution >= 4 is 51.0 Å². The molecule has 0 aliphatic heterocycles. The number of carbonyl (C=O) groups is 1. The molecule has 188 valence electrons. The minimum Gasteiger partial charge on any atom is -0.489 e. The summed E-state index contributed by atoms with van der Waals surface area (Å²) in [7, 11) is -3.93. The number of sulfonamides is 1. The summed E-state index contributed by atoms with van der Waals surface area (Å²) in [5, 5.41) is 5.08. The Morgan fingerprint density at radius 2 is 1.54 bits per heavy atom. The van der Waals surface area contributed by atoms with Crippen LogP contribution in [-0.2, 0) is 16.6 Å². The van der Waals surface area contributed by atoms with Crippen LogP contribution in [0.3, 0.4) is 0 Å². The van der Waals surface area contributed by atoms with Crippen molar-refractivity contribution < 1.29 is 17.9 Å². The third-order valence-electron chi connectivity index (χ3n) is 5.10. The summed E-state index contributed by atoms with van der Waals surface area (Å²) >= 11 is 11.8. The quantitative estimate of drug-likeness (QED) is 0.192. The lowest BCUT2D eigenvalue weighted by Gasteiger charge is -2.12. The summed E-state index contributed by atoms with van der Waals surface area (Å²) in [5.74, 6) is 0.0491. The molecular formula is C27H21Cl2N3O4S. The summed E-state index contributed by atoms with van der Waals surface area (Å²) in [6, 6.07) is 26.5. The molecule has 0 spiro atoms. The first-order chi connectivity index (χ1) is 17.8. The first-order valence-corrected chi connectivity index (χ1v) is 13.2. The Hall–Kier alpha value is -3.85. The zero-order valence-corrected chi connectivity index (χ0v) is 21.6. The number of benzene rings is 4. The van der Waals surface area contributed by atoms with Crippen LogP contribution in [0.4, 0.5) is 5.69 Å². The molecule has 0 heterocycles. The van der Waals surface area contributed by atoms with Crippen LogP contribution in [0.5, 0.6) is 5.75 Å². The molecule has 2 N–H and O–H groups in total. The second kappa shape index (κ2) is 11.9. The van der Waals surface area contributed by atoms with Gasteiger partial charge in [0.2, 0.25) is 0 Å². The highest BCUT2D eigenvalue weighted by molar-refractivity contribution is 7.92. The smallest absolute Gasteiger partial charge is 0.273 e. The molecule has 0 aliphatic rings. The van der Waals surface area contributed by atoms with Gasteiger partial charge in [0.15, 0.2) is 0 Å². The standard InChI is InChI=1S/C27H21Cl2N3O4S/c28-21-10-8-19(9-11-21)18-36-23-5-3-4-20(16-23)17-30-31-27(33)25-6-1-2-7-26(25)32-37(34,35)24-14-12-22(29)13-15-24/h1-17,32H,18H2,(H,31,33). The summed E-state index contributed by atoms with van der Waals surface area (Å²) in [6.45, 7) is 0.372. The third-order valence-corrected chi connectivity index (χ3v) is 6.98. The van der Waals surface area contributed by atoms with Crippen molar-refractivity contribution in [3.63, 3.8) is 0 Å². The van der Waals surface area contributed by atoms with Crippen LogP contribution in [0.25, 0.3) is 0 Å². The van der Waals surface area contributed by atoms with Gasteiger partial charge in [0.25, 0.3) is 15.9 Å². The molecule has 0 fully saturated rings. The zero-order chi connectivity index (χ0) is 26.3. The molecule has 0 bridgehead atoms. The van der Waals surface area contributed by atoms with E-state index in [1.54, 1.807) is 42.5 Å². The molecule has 4 rings (SSSR count). The largest absolute Gasteiger partial charge is 0.489 e. The van der Waals surface area contributed by atoms with Crippen molar-refractivity contribution in [3.8, 4) is 5.75 Å². The molecule has 7 nitrogen and oxygen atoms in total. The summed E-state index contributed by atoms with van der Waals surface area (Å²) < 4.78 is 33.7. The molecule has 1 amide bonds. The number of hydrogen-bond donors (Lipinski definition) is 2. The van der Waals surface area contributed by atoms with Crippen molar-refractivity contribution in [1.29, 1.82) is 0 Å². The lowest BCUT2D eigenvalue weighted by atomic mass is 10.2. The lowest BCUT2D eigenvalue weighted by molar-refractivity contribution is 0.0956. The maximum Gasteiger partial charge on any atom is 0.273 e. The van der Waals surface area contributed by atoms with Crippen molar-refractivity contribution in [3.05, 3.63) is 124 Å². The molecule has 10 heteroatoms. The van der Waals surface area contributed by atoms with Gasteiger partial charge in [-0.3, -0.25) is 9.52 Å². The number of anilines is 1. The number of para-hydroxylation sites is 1. The highest BCUT2D eigenvalue weighted by Crippen LogP contribution is 2.21. The molecular weight excluding hydrogens is 533 g/mol. The Balaban J connectivity index is 1.40. The average molecular weight is 554 g/mol. The topological polar surface area (TPSA) is 96.9 Å². The number of nitrogens with one attached hydrogen (secondary N) is 2. The van der Waals surface area contributed by atoms with E-state index in [0.29, 0.717) is 28.0 Å². The van der Waals surface area contributed by atoms with E-state index in [-0.39, 0.29) is 16.1 Å². The van der Waals surface area contributed by atoms with Gasteiger partial charge in [-0.15, -0.1) is 0 Å². The minimum absolute atomic E-state index is 0.0169. The minimum atomic E-state index is -3.93. The predicted molar refractivity (Wildman–Crippen MR) is 146 cm³/mol. The zero-order valence-electron chi connectivity index (χ0n) is 19.3.